The first-order valence-electron chi connectivity index (χ1n) is 6.77. The summed E-state index contributed by atoms with van der Waals surface area (Å²) in [6.07, 6.45) is 3.21. The molecule has 0 aliphatic rings. The van der Waals surface area contributed by atoms with Crippen LogP contribution in [0, 0.1) is 0 Å². The minimum Gasteiger partial charge on any atom is -0.461 e. The normalized spacial score (nSPS) is 11.8. The minimum absolute atomic E-state index is 0.323. The molecule has 0 bridgehead atoms. The van der Waals surface area contributed by atoms with Crippen LogP contribution in [0.2, 0.25) is 0 Å². The first-order chi connectivity index (χ1) is 11.3. The summed E-state index contributed by atoms with van der Waals surface area (Å²) in [5, 5.41) is 12.4. The molecule has 23 heavy (non-hydrogen) atoms. The van der Waals surface area contributed by atoms with Crippen molar-refractivity contribution in [2.45, 2.75) is 0 Å². The Morgan fingerprint density at radius 1 is 1.04 bits per heavy atom. The van der Waals surface area contributed by atoms with E-state index >= 15 is 0 Å². The highest BCUT2D eigenvalue weighted by Gasteiger charge is 2.06. The van der Waals surface area contributed by atoms with Gasteiger partial charge in [0.15, 0.2) is 11.6 Å². The van der Waals surface area contributed by atoms with E-state index in [1.807, 2.05) is 36.4 Å². The second-order valence-corrected chi connectivity index (χ2v) is 5.34. The molecule has 0 aliphatic heterocycles. The minimum atomic E-state index is 0.323. The number of aromatic nitrogens is 1. The maximum atomic E-state index is 5.34. The number of nitrogens with zero attached hydrogens (tertiary/aromatic N) is 4. The molecule has 0 saturated heterocycles. The van der Waals surface area contributed by atoms with Gasteiger partial charge >= 0.3 is 0 Å². The zero-order valence-electron chi connectivity index (χ0n) is 11.9. The molecule has 114 valence electrons. The van der Waals surface area contributed by atoms with Crippen LogP contribution in [0.3, 0.4) is 0 Å². The number of hydrogen-bond acceptors (Lipinski definition) is 5. The van der Waals surface area contributed by atoms with Gasteiger partial charge in [-0.25, -0.2) is 4.98 Å². The van der Waals surface area contributed by atoms with Gasteiger partial charge in [-0.2, -0.15) is 0 Å². The average molecular weight is 370 g/mol. The third kappa shape index (κ3) is 4.33. The molecule has 2 aromatic heterocycles. The van der Waals surface area contributed by atoms with Crippen LogP contribution in [-0.2, 0) is 0 Å². The van der Waals surface area contributed by atoms with E-state index < -0.39 is 0 Å². The van der Waals surface area contributed by atoms with Crippen molar-refractivity contribution in [3.8, 4) is 0 Å². The van der Waals surface area contributed by atoms with Gasteiger partial charge < -0.3 is 4.42 Å². The lowest BCUT2D eigenvalue weighted by Crippen LogP contribution is -1.99. The van der Waals surface area contributed by atoms with Crippen molar-refractivity contribution in [1.82, 2.24) is 4.98 Å². The summed E-state index contributed by atoms with van der Waals surface area (Å²) in [5.74, 6) is 1.31. The van der Waals surface area contributed by atoms with Gasteiger partial charge in [-0.15, -0.1) is 15.3 Å². The fourth-order valence-electron chi connectivity index (χ4n) is 1.69. The Kier molecular flexibility index (Phi) is 4.90. The molecule has 0 unspecified atom stereocenters. The summed E-state index contributed by atoms with van der Waals surface area (Å²) in [6.45, 7) is 0. The van der Waals surface area contributed by atoms with Crippen molar-refractivity contribution in [2.75, 3.05) is 5.43 Å². The molecule has 3 rings (SSSR count). The molecule has 0 amide bonds. The van der Waals surface area contributed by atoms with Crippen molar-refractivity contribution in [2.24, 2.45) is 15.3 Å². The first-order valence-corrected chi connectivity index (χ1v) is 7.56. The van der Waals surface area contributed by atoms with Gasteiger partial charge in [-0.3, -0.25) is 5.43 Å². The summed E-state index contributed by atoms with van der Waals surface area (Å²) in [6, 6.07) is 16.7. The van der Waals surface area contributed by atoms with Crippen LogP contribution in [0.5, 0.6) is 0 Å². The Hall–Kier alpha value is -2.80. The summed E-state index contributed by atoms with van der Waals surface area (Å²) in [4.78, 5) is 4.14. The predicted molar refractivity (Wildman–Crippen MR) is 91.8 cm³/mol. The maximum absolute atomic E-state index is 5.34. The highest BCUT2D eigenvalue weighted by atomic mass is 79.9. The van der Waals surface area contributed by atoms with Crippen molar-refractivity contribution in [1.29, 1.82) is 0 Å². The fourth-order valence-corrected chi connectivity index (χ4v) is 1.92. The number of nitrogens with one attached hydrogen (secondary N) is 1. The molecule has 1 N–H and O–H groups in total. The van der Waals surface area contributed by atoms with Gasteiger partial charge in [0.05, 0.1) is 12.0 Å². The van der Waals surface area contributed by atoms with Gasteiger partial charge in [0.1, 0.15) is 0 Å². The lowest BCUT2D eigenvalue weighted by molar-refractivity contribution is 0.556. The Balaban J connectivity index is 1.83. The summed E-state index contributed by atoms with van der Waals surface area (Å²) < 4.78 is 6.22. The second-order valence-electron chi connectivity index (χ2n) is 4.43. The predicted octanol–water partition coefficient (Wildman–Crippen LogP) is 4.99. The quantitative estimate of drug-likeness (QED) is 0.304. The number of amidine groups is 1. The highest BCUT2D eigenvalue weighted by Crippen LogP contribution is 2.15. The molecule has 7 heteroatoms. The highest BCUT2D eigenvalue weighted by molar-refractivity contribution is 9.10. The zero-order valence-corrected chi connectivity index (χ0v) is 13.5. The number of benzene rings is 1. The molecule has 0 fully saturated rings. The van der Waals surface area contributed by atoms with E-state index in [4.69, 9.17) is 4.42 Å². The number of hydrazone groups is 1. The summed E-state index contributed by atoms with van der Waals surface area (Å²) in [7, 11) is 0. The number of rotatable bonds is 4. The number of furan rings is 1. The van der Waals surface area contributed by atoms with E-state index in [-0.39, 0.29) is 0 Å². The molecule has 2 heterocycles. The third-order valence-electron chi connectivity index (χ3n) is 2.77. The van der Waals surface area contributed by atoms with Crippen molar-refractivity contribution < 1.29 is 4.42 Å². The Morgan fingerprint density at radius 2 is 1.91 bits per heavy atom. The van der Waals surface area contributed by atoms with Gasteiger partial charge in [-0.05, 0) is 52.3 Å². The van der Waals surface area contributed by atoms with Crippen molar-refractivity contribution >= 4 is 33.3 Å². The van der Waals surface area contributed by atoms with Gasteiger partial charge in [0, 0.05) is 10.7 Å². The molecule has 6 nitrogen and oxygen atoms in total. The molecule has 1 aromatic carbocycles. The molecular weight excluding hydrogens is 358 g/mol. The van der Waals surface area contributed by atoms with E-state index in [2.05, 4.69) is 41.7 Å². The topological polar surface area (TPSA) is 75.1 Å². The lowest BCUT2D eigenvalue weighted by Gasteiger charge is -2.00. The molecule has 3 aromatic rings. The van der Waals surface area contributed by atoms with E-state index in [0.29, 0.717) is 17.4 Å². The van der Waals surface area contributed by atoms with Crippen LogP contribution in [0.1, 0.15) is 5.76 Å². The molecule has 0 atom stereocenters. The largest absolute Gasteiger partial charge is 0.461 e. The number of anilines is 1. The van der Waals surface area contributed by atoms with Crippen LogP contribution in [0.15, 0.2) is 91.3 Å². The first kappa shape index (κ1) is 15.1. The average Bonchev–Trinajstić information content (AvgIpc) is 3.12. The zero-order chi connectivity index (χ0) is 15.9. The van der Waals surface area contributed by atoms with Crippen LogP contribution in [0.25, 0.3) is 0 Å². The van der Waals surface area contributed by atoms with Crippen molar-refractivity contribution in [3.63, 3.8) is 0 Å². The standard InChI is InChI=1S/C16H12BrN5O/c17-12-8-9-15(18-11-12)20-22-16(14-7-4-10-23-14)21-19-13-5-2-1-3-6-13/h1-11,19H. The number of para-hydroxylation sites is 1. The molecule has 0 spiro atoms. The number of pyridine rings is 1. The molecular formula is C16H12BrN5O. The summed E-state index contributed by atoms with van der Waals surface area (Å²) >= 11 is 3.32. The molecule has 0 saturated carbocycles. The van der Waals surface area contributed by atoms with Gasteiger partial charge in [0.2, 0.25) is 5.84 Å². The van der Waals surface area contributed by atoms with E-state index in [9.17, 15) is 0 Å². The fraction of sp³-hybridized carbons (Fsp3) is 0. The van der Waals surface area contributed by atoms with Crippen molar-refractivity contribution in [3.05, 3.63) is 77.3 Å². The monoisotopic (exact) mass is 369 g/mol. The van der Waals surface area contributed by atoms with Crippen LogP contribution in [-0.4, -0.2) is 10.8 Å². The van der Waals surface area contributed by atoms with Crippen LogP contribution >= 0.6 is 15.9 Å². The van der Waals surface area contributed by atoms with E-state index in [1.165, 1.54) is 0 Å². The van der Waals surface area contributed by atoms with E-state index in [1.54, 1.807) is 30.7 Å². The summed E-state index contributed by atoms with van der Waals surface area (Å²) in [5.41, 5.74) is 3.77. The van der Waals surface area contributed by atoms with Crippen LogP contribution < -0.4 is 5.43 Å². The maximum Gasteiger partial charge on any atom is 0.236 e. The van der Waals surface area contributed by atoms with Crippen LogP contribution in [0.4, 0.5) is 11.5 Å². The smallest absolute Gasteiger partial charge is 0.236 e. The van der Waals surface area contributed by atoms with E-state index in [0.717, 1.165) is 10.2 Å². The Bertz CT molecular complexity index is 798. The Morgan fingerprint density at radius 3 is 2.61 bits per heavy atom. The second kappa shape index (κ2) is 7.46. The SMILES string of the molecule is Brc1ccc(N=NC(=NNc2ccccc2)c2ccco2)nc1. The van der Waals surface area contributed by atoms with Gasteiger partial charge in [0.25, 0.3) is 0 Å². The Labute approximate surface area is 141 Å². The number of halogens is 1. The molecule has 0 radical (unpaired) electrons. The van der Waals surface area contributed by atoms with Gasteiger partial charge in [-0.1, -0.05) is 18.2 Å². The third-order valence-corrected chi connectivity index (χ3v) is 3.23. The lowest BCUT2D eigenvalue weighted by atomic mass is 10.3. The number of azo groups is 1. The number of hydrogen-bond donors (Lipinski definition) is 1. The molecule has 0 aliphatic carbocycles.